The van der Waals surface area contributed by atoms with Crippen molar-refractivity contribution in [1.29, 1.82) is 0 Å². The van der Waals surface area contributed by atoms with Crippen LogP contribution in [0.25, 0.3) is 22.1 Å². The molecule has 1 N–H and O–H groups in total. The van der Waals surface area contributed by atoms with E-state index in [0.717, 1.165) is 65.6 Å². The van der Waals surface area contributed by atoms with Gasteiger partial charge in [-0.2, -0.15) is 0 Å². The number of nitrogens with one attached hydrogen (secondary N) is 1. The van der Waals surface area contributed by atoms with Crippen LogP contribution < -0.4 is 5.32 Å². The summed E-state index contributed by atoms with van der Waals surface area (Å²) in [6.07, 6.45) is 11.8. The smallest absolute Gasteiger partial charge is 0.271 e. The lowest BCUT2D eigenvalue weighted by Crippen LogP contribution is -2.36. The number of allylic oxidation sites excluding steroid dienone is 1. The number of hydrogen-bond acceptors (Lipinski definition) is 6. The van der Waals surface area contributed by atoms with E-state index in [4.69, 9.17) is 4.98 Å². The third-order valence-electron chi connectivity index (χ3n) is 7.07. The first kappa shape index (κ1) is 21.7. The average Bonchev–Trinajstić information content (AvgIpc) is 3.69. The number of pyridine rings is 1. The van der Waals surface area contributed by atoms with Crippen LogP contribution in [0.2, 0.25) is 0 Å². The first-order chi connectivity index (χ1) is 16.5. The number of nitrogens with zero attached hydrogens (tertiary/aromatic N) is 5. The van der Waals surface area contributed by atoms with E-state index in [1.807, 2.05) is 28.5 Å². The summed E-state index contributed by atoms with van der Waals surface area (Å²) in [7, 11) is 1.96. The lowest BCUT2D eigenvalue weighted by molar-refractivity contribution is -0.115. The number of hydrogen-bond donors (Lipinski definition) is 1. The molecule has 3 aliphatic carbocycles. The second kappa shape index (κ2) is 8.15. The fourth-order valence-electron chi connectivity index (χ4n) is 4.84. The zero-order chi connectivity index (χ0) is 23.6. The number of aromatic nitrogens is 4. The molecule has 6 rings (SSSR count). The van der Waals surface area contributed by atoms with Gasteiger partial charge in [-0.25, -0.2) is 9.97 Å². The van der Waals surface area contributed by atoms with E-state index in [0.29, 0.717) is 30.1 Å². The van der Waals surface area contributed by atoms with Crippen molar-refractivity contribution in [2.75, 3.05) is 11.6 Å². The summed E-state index contributed by atoms with van der Waals surface area (Å²) in [5.74, 6) is 1.07. The molecule has 3 saturated carbocycles. The Labute approximate surface area is 202 Å². The maximum atomic E-state index is 13.7. The van der Waals surface area contributed by atoms with E-state index in [9.17, 15) is 9.59 Å². The molecule has 0 radical (unpaired) electrons. The topological polar surface area (TPSA) is 85.0 Å². The van der Waals surface area contributed by atoms with Crippen LogP contribution in [0.3, 0.4) is 0 Å². The van der Waals surface area contributed by atoms with Gasteiger partial charge >= 0.3 is 0 Å². The van der Waals surface area contributed by atoms with Crippen LogP contribution in [-0.4, -0.2) is 54.0 Å². The first-order valence-electron chi connectivity index (χ1n) is 12.2. The molecule has 8 nitrogen and oxygen atoms in total. The average molecular weight is 479 g/mol. The molecule has 0 atom stereocenters. The molecule has 9 heteroatoms. The van der Waals surface area contributed by atoms with Crippen molar-refractivity contribution < 1.29 is 9.59 Å². The highest BCUT2D eigenvalue weighted by Gasteiger charge is 2.43. The quantitative estimate of drug-likeness (QED) is 0.462. The fourth-order valence-corrected chi connectivity index (χ4v) is 5.28. The van der Waals surface area contributed by atoms with Gasteiger partial charge in [0.15, 0.2) is 11.6 Å². The zero-order valence-electron chi connectivity index (χ0n) is 19.9. The van der Waals surface area contributed by atoms with E-state index in [2.05, 4.69) is 22.1 Å². The Morgan fingerprint density at radius 1 is 1.21 bits per heavy atom. The molecule has 0 saturated heterocycles. The summed E-state index contributed by atoms with van der Waals surface area (Å²) in [5, 5.41) is 5.06. The third-order valence-corrected chi connectivity index (χ3v) is 7.73. The summed E-state index contributed by atoms with van der Waals surface area (Å²) >= 11 is 1.49. The van der Waals surface area contributed by atoms with Crippen LogP contribution in [0.4, 0.5) is 5.82 Å². The SMILES string of the molecule is CCn1c(C(=O)N(C2CC2)C2CC2)cc2c3c(ncn3C)c(N/C(=C/C(=O)C3CC3)SC)nc21. The highest BCUT2D eigenvalue weighted by atomic mass is 32.2. The van der Waals surface area contributed by atoms with Gasteiger partial charge in [0, 0.05) is 43.1 Å². The van der Waals surface area contributed by atoms with Crippen LogP contribution >= 0.6 is 11.8 Å². The molecule has 0 aliphatic heterocycles. The zero-order valence-corrected chi connectivity index (χ0v) is 20.7. The number of ketones is 1. The largest absolute Gasteiger partial charge is 0.333 e. The van der Waals surface area contributed by atoms with Crippen LogP contribution in [0.15, 0.2) is 23.5 Å². The number of aryl methyl sites for hydroxylation is 2. The number of fused-ring (bicyclic) bond motifs is 3. The van der Waals surface area contributed by atoms with Crippen molar-refractivity contribution in [3.8, 4) is 0 Å². The van der Waals surface area contributed by atoms with E-state index in [1.165, 1.54) is 11.8 Å². The lowest BCUT2D eigenvalue weighted by atomic mass is 10.2. The molecule has 178 valence electrons. The highest BCUT2D eigenvalue weighted by molar-refractivity contribution is 8.02. The van der Waals surface area contributed by atoms with Crippen LogP contribution in [0.5, 0.6) is 0 Å². The normalized spacial score (nSPS) is 18.6. The Bertz CT molecular complexity index is 1330. The summed E-state index contributed by atoms with van der Waals surface area (Å²) < 4.78 is 4.01. The predicted molar refractivity (Wildman–Crippen MR) is 135 cm³/mol. The van der Waals surface area contributed by atoms with Crippen molar-refractivity contribution in [2.24, 2.45) is 13.0 Å². The number of thioether (sulfide) groups is 1. The van der Waals surface area contributed by atoms with Gasteiger partial charge in [-0.15, -0.1) is 11.8 Å². The van der Waals surface area contributed by atoms with E-state index in [-0.39, 0.29) is 17.6 Å². The van der Waals surface area contributed by atoms with Gasteiger partial charge in [-0.3, -0.25) is 9.59 Å². The van der Waals surface area contributed by atoms with Crippen LogP contribution in [-0.2, 0) is 18.4 Å². The third kappa shape index (κ3) is 3.70. The molecular weight excluding hydrogens is 448 g/mol. The van der Waals surface area contributed by atoms with Gasteiger partial charge < -0.3 is 19.4 Å². The molecule has 0 aromatic carbocycles. The molecular formula is C25H30N6O2S. The molecule has 3 aliphatic rings. The molecule has 3 aromatic rings. The Morgan fingerprint density at radius 3 is 2.50 bits per heavy atom. The summed E-state index contributed by atoms with van der Waals surface area (Å²) in [4.78, 5) is 37.8. The second-order valence-corrected chi connectivity index (χ2v) is 10.6. The predicted octanol–water partition coefficient (Wildman–Crippen LogP) is 4.31. The maximum Gasteiger partial charge on any atom is 0.271 e. The van der Waals surface area contributed by atoms with Crippen molar-refractivity contribution in [3.63, 3.8) is 0 Å². The van der Waals surface area contributed by atoms with Crippen molar-refractivity contribution in [2.45, 2.75) is 64.1 Å². The number of carbonyl (C=O) groups is 2. The summed E-state index contributed by atoms with van der Waals surface area (Å²) in [5.41, 5.74) is 3.15. The molecule has 0 bridgehead atoms. The van der Waals surface area contributed by atoms with Gasteiger partial charge in [-0.05, 0) is 57.8 Å². The lowest BCUT2D eigenvalue weighted by Gasteiger charge is -2.22. The molecule has 0 spiro atoms. The summed E-state index contributed by atoms with van der Waals surface area (Å²) in [6, 6.07) is 2.79. The molecule has 34 heavy (non-hydrogen) atoms. The van der Waals surface area contributed by atoms with Gasteiger partial charge in [0.05, 0.1) is 16.9 Å². The molecule has 0 unspecified atom stereocenters. The monoisotopic (exact) mass is 478 g/mol. The van der Waals surface area contributed by atoms with Gasteiger partial charge in [0.25, 0.3) is 5.91 Å². The van der Waals surface area contributed by atoms with E-state index >= 15 is 0 Å². The number of carbonyl (C=O) groups excluding carboxylic acids is 2. The fraction of sp³-hybridized carbons (Fsp3) is 0.520. The Kier molecular flexibility index (Phi) is 5.20. The molecule has 3 heterocycles. The highest BCUT2D eigenvalue weighted by Crippen LogP contribution is 2.40. The minimum atomic E-state index is 0.120. The number of amides is 1. The molecule has 1 amide bonds. The van der Waals surface area contributed by atoms with Gasteiger partial charge in [0.1, 0.15) is 16.9 Å². The number of imidazole rings is 1. The van der Waals surface area contributed by atoms with Crippen LogP contribution in [0, 0.1) is 5.92 Å². The Morgan fingerprint density at radius 2 is 1.91 bits per heavy atom. The number of anilines is 1. The van der Waals surface area contributed by atoms with E-state index in [1.54, 1.807) is 12.4 Å². The van der Waals surface area contributed by atoms with Gasteiger partial charge in [0.2, 0.25) is 0 Å². The Hall–Kier alpha value is -2.81. The minimum absolute atomic E-state index is 0.120. The molecule has 3 fully saturated rings. The maximum absolute atomic E-state index is 13.7. The van der Waals surface area contributed by atoms with Crippen molar-refractivity contribution in [3.05, 3.63) is 29.2 Å². The first-order valence-corrected chi connectivity index (χ1v) is 13.5. The number of rotatable bonds is 9. The second-order valence-electron chi connectivity index (χ2n) is 9.71. The van der Waals surface area contributed by atoms with Crippen molar-refractivity contribution in [1.82, 2.24) is 24.0 Å². The van der Waals surface area contributed by atoms with E-state index < -0.39 is 0 Å². The van der Waals surface area contributed by atoms with Crippen LogP contribution in [0.1, 0.15) is 55.9 Å². The molecule has 3 aromatic heterocycles. The van der Waals surface area contributed by atoms with Crippen molar-refractivity contribution >= 4 is 51.3 Å². The minimum Gasteiger partial charge on any atom is -0.333 e. The standard InChI is InChI=1S/C25H30N6O2S/c1-4-30-18(25(33)31(15-7-8-15)16-9-10-16)11-17-22-21(26-13-29(22)2)23(28-24(17)30)27-20(34-3)12-19(32)14-5-6-14/h11-16H,4-10H2,1-3H3,(H,27,28)/b20-12-. The summed E-state index contributed by atoms with van der Waals surface area (Å²) in [6.45, 7) is 2.70. The van der Waals surface area contributed by atoms with Gasteiger partial charge in [-0.1, -0.05) is 0 Å². The Balaban J connectivity index is 1.46.